The Bertz CT molecular complexity index is 493. The molecule has 0 aliphatic heterocycles. The van der Waals surface area contributed by atoms with Crippen molar-refractivity contribution in [1.29, 1.82) is 0 Å². The van der Waals surface area contributed by atoms with Crippen LogP contribution in [0.5, 0.6) is 0 Å². The average molecular weight is 446 g/mol. The van der Waals surface area contributed by atoms with Gasteiger partial charge in [-0.2, -0.15) is 0 Å². The van der Waals surface area contributed by atoms with Gasteiger partial charge in [-0.25, -0.2) is 0 Å². The highest BCUT2D eigenvalue weighted by molar-refractivity contribution is 14.0. The maximum absolute atomic E-state index is 11.8. The van der Waals surface area contributed by atoms with Crippen LogP contribution >= 0.6 is 24.0 Å². The summed E-state index contributed by atoms with van der Waals surface area (Å²) in [7, 11) is 0. The van der Waals surface area contributed by atoms with Gasteiger partial charge in [-0.1, -0.05) is 37.3 Å². The number of hydrogen-bond acceptors (Lipinski definition) is 2. The second-order valence-corrected chi connectivity index (χ2v) is 5.66. The molecule has 0 radical (unpaired) electrons. The summed E-state index contributed by atoms with van der Waals surface area (Å²) in [6.45, 7) is 9.44. The molecule has 5 nitrogen and oxygen atoms in total. The molecule has 2 atom stereocenters. The van der Waals surface area contributed by atoms with Crippen molar-refractivity contribution in [3.05, 3.63) is 35.9 Å². The third kappa shape index (κ3) is 9.10. The SMILES string of the molecule is CCNC(=NCCC(=O)NC(C)CC)NC(C)c1ccccc1.I. The summed E-state index contributed by atoms with van der Waals surface area (Å²) in [5, 5.41) is 9.54. The van der Waals surface area contributed by atoms with Gasteiger partial charge in [0.25, 0.3) is 0 Å². The molecule has 1 aromatic carbocycles. The second kappa shape index (κ2) is 13.0. The summed E-state index contributed by atoms with van der Waals surface area (Å²) < 4.78 is 0. The monoisotopic (exact) mass is 446 g/mol. The van der Waals surface area contributed by atoms with E-state index in [9.17, 15) is 4.79 Å². The zero-order chi connectivity index (χ0) is 17.1. The number of benzene rings is 1. The van der Waals surface area contributed by atoms with E-state index in [1.807, 2.05) is 32.0 Å². The summed E-state index contributed by atoms with van der Waals surface area (Å²) in [6.07, 6.45) is 1.34. The van der Waals surface area contributed by atoms with Crippen molar-refractivity contribution in [1.82, 2.24) is 16.0 Å². The summed E-state index contributed by atoms with van der Waals surface area (Å²) in [5.74, 6) is 0.787. The molecule has 136 valence electrons. The summed E-state index contributed by atoms with van der Waals surface area (Å²) >= 11 is 0. The molecule has 1 aromatic rings. The highest BCUT2D eigenvalue weighted by Gasteiger charge is 2.08. The Morgan fingerprint density at radius 3 is 2.38 bits per heavy atom. The van der Waals surface area contributed by atoms with Crippen LogP contribution in [0.1, 0.15) is 52.1 Å². The largest absolute Gasteiger partial charge is 0.357 e. The predicted octanol–water partition coefficient (Wildman–Crippen LogP) is 3.23. The van der Waals surface area contributed by atoms with Crippen LogP contribution in [0.2, 0.25) is 0 Å². The quantitative estimate of drug-likeness (QED) is 0.327. The van der Waals surface area contributed by atoms with Crippen molar-refractivity contribution in [3.63, 3.8) is 0 Å². The van der Waals surface area contributed by atoms with Crippen LogP contribution in [0.3, 0.4) is 0 Å². The highest BCUT2D eigenvalue weighted by Crippen LogP contribution is 2.10. The third-order valence-corrected chi connectivity index (χ3v) is 3.63. The van der Waals surface area contributed by atoms with E-state index in [1.165, 1.54) is 5.56 Å². The molecule has 6 heteroatoms. The lowest BCUT2D eigenvalue weighted by atomic mass is 10.1. The smallest absolute Gasteiger partial charge is 0.222 e. The zero-order valence-corrected chi connectivity index (χ0v) is 17.5. The summed E-state index contributed by atoms with van der Waals surface area (Å²) in [4.78, 5) is 16.3. The maximum Gasteiger partial charge on any atom is 0.222 e. The molecular weight excluding hydrogens is 415 g/mol. The lowest BCUT2D eigenvalue weighted by molar-refractivity contribution is -0.121. The molecule has 24 heavy (non-hydrogen) atoms. The van der Waals surface area contributed by atoms with E-state index >= 15 is 0 Å². The molecule has 0 aliphatic rings. The number of nitrogens with zero attached hydrogens (tertiary/aromatic N) is 1. The molecule has 0 saturated carbocycles. The van der Waals surface area contributed by atoms with Crippen molar-refractivity contribution in [2.45, 2.75) is 52.6 Å². The first-order valence-corrected chi connectivity index (χ1v) is 8.45. The minimum Gasteiger partial charge on any atom is -0.357 e. The molecule has 1 amide bonds. The molecule has 0 heterocycles. The van der Waals surface area contributed by atoms with Crippen LogP contribution in [0.25, 0.3) is 0 Å². The first kappa shape index (κ1) is 22.7. The second-order valence-electron chi connectivity index (χ2n) is 5.66. The van der Waals surface area contributed by atoms with E-state index < -0.39 is 0 Å². The molecule has 0 bridgehead atoms. The Kier molecular flexibility index (Phi) is 12.3. The Hall–Kier alpha value is -1.31. The molecule has 1 rings (SSSR count). The predicted molar refractivity (Wildman–Crippen MR) is 112 cm³/mol. The first-order valence-electron chi connectivity index (χ1n) is 8.45. The molecule has 0 spiro atoms. The average Bonchev–Trinajstić information content (AvgIpc) is 2.55. The normalized spacial score (nSPS) is 13.4. The number of rotatable bonds is 8. The molecule has 0 saturated heterocycles. The number of carbonyl (C=O) groups is 1. The van der Waals surface area contributed by atoms with E-state index in [-0.39, 0.29) is 42.0 Å². The van der Waals surface area contributed by atoms with Crippen LogP contribution in [-0.4, -0.2) is 31.0 Å². The van der Waals surface area contributed by atoms with Crippen molar-refractivity contribution in [3.8, 4) is 0 Å². The van der Waals surface area contributed by atoms with Crippen molar-refractivity contribution >= 4 is 35.8 Å². The van der Waals surface area contributed by atoms with Gasteiger partial charge in [0.05, 0.1) is 12.6 Å². The fourth-order valence-electron chi connectivity index (χ4n) is 2.07. The van der Waals surface area contributed by atoms with Crippen LogP contribution in [0.15, 0.2) is 35.3 Å². The molecule has 0 aromatic heterocycles. The minimum absolute atomic E-state index is 0. The standard InChI is InChI=1S/C18H30N4O.HI/c1-5-14(3)21-17(23)12-13-20-18(19-6-2)22-15(4)16-10-8-7-9-11-16;/h7-11,14-15H,5-6,12-13H2,1-4H3,(H,21,23)(H2,19,20,22);1H. The number of amides is 1. The van der Waals surface area contributed by atoms with Gasteiger partial charge in [-0.3, -0.25) is 9.79 Å². The van der Waals surface area contributed by atoms with Crippen molar-refractivity contribution < 1.29 is 4.79 Å². The van der Waals surface area contributed by atoms with Crippen molar-refractivity contribution in [2.24, 2.45) is 4.99 Å². The lowest BCUT2D eigenvalue weighted by Gasteiger charge is -2.18. The molecule has 0 fully saturated rings. The van der Waals surface area contributed by atoms with Gasteiger partial charge in [-0.15, -0.1) is 24.0 Å². The van der Waals surface area contributed by atoms with Gasteiger partial charge in [0.2, 0.25) is 5.91 Å². The fraction of sp³-hybridized carbons (Fsp3) is 0.556. The summed E-state index contributed by atoms with van der Waals surface area (Å²) in [6, 6.07) is 10.6. The van der Waals surface area contributed by atoms with E-state index in [2.05, 4.69) is 46.9 Å². The van der Waals surface area contributed by atoms with Gasteiger partial charge in [-0.05, 0) is 32.8 Å². The van der Waals surface area contributed by atoms with Gasteiger partial charge in [0.1, 0.15) is 0 Å². The fourth-order valence-corrected chi connectivity index (χ4v) is 2.07. The minimum atomic E-state index is 0. The Morgan fingerprint density at radius 2 is 1.79 bits per heavy atom. The van der Waals surface area contributed by atoms with E-state index in [0.29, 0.717) is 13.0 Å². The van der Waals surface area contributed by atoms with Crippen LogP contribution in [0.4, 0.5) is 0 Å². The van der Waals surface area contributed by atoms with Gasteiger partial charge in [0, 0.05) is 19.0 Å². The molecule has 0 aliphatic carbocycles. The lowest BCUT2D eigenvalue weighted by Crippen LogP contribution is -2.39. The number of halogens is 1. The number of nitrogens with one attached hydrogen (secondary N) is 3. The number of aliphatic imine (C=N–C) groups is 1. The van der Waals surface area contributed by atoms with E-state index in [1.54, 1.807) is 0 Å². The highest BCUT2D eigenvalue weighted by atomic mass is 127. The van der Waals surface area contributed by atoms with Crippen LogP contribution in [-0.2, 0) is 4.79 Å². The zero-order valence-electron chi connectivity index (χ0n) is 15.1. The van der Waals surface area contributed by atoms with Gasteiger partial charge < -0.3 is 16.0 Å². The third-order valence-electron chi connectivity index (χ3n) is 3.63. The Morgan fingerprint density at radius 1 is 1.12 bits per heavy atom. The first-order chi connectivity index (χ1) is 11.1. The van der Waals surface area contributed by atoms with Crippen molar-refractivity contribution in [2.75, 3.05) is 13.1 Å². The van der Waals surface area contributed by atoms with E-state index in [4.69, 9.17) is 0 Å². The molecule has 3 N–H and O–H groups in total. The van der Waals surface area contributed by atoms with Gasteiger partial charge in [0.15, 0.2) is 5.96 Å². The number of carbonyl (C=O) groups excluding carboxylic acids is 1. The van der Waals surface area contributed by atoms with Crippen LogP contribution < -0.4 is 16.0 Å². The Labute approximate surface area is 163 Å². The van der Waals surface area contributed by atoms with Crippen LogP contribution in [0, 0.1) is 0 Å². The molecule has 2 unspecified atom stereocenters. The van der Waals surface area contributed by atoms with E-state index in [0.717, 1.165) is 18.9 Å². The summed E-state index contributed by atoms with van der Waals surface area (Å²) in [5.41, 5.74) is 1.20. The van der Waals surface area contributed by atoms with Gasteiger partial charge >= 0.3 is 0 Å². The topological polar surface area (TPSA) is 65.5 Å². The molecular formula is C18H31IN4O. The maximum atomic E-state index is 11.8. The Balaban J connectivity index is 0.00000529. The number of guanidine groups is 1. The number of hydrogen-bond donors (Lipinski definition) is 3.